The number of anilines is 1. The molecule has 180 valence electrons. The summed E-state index contributed by atoms with van der Waals surface area (Å²) >= 11 is 0. The quantitative estimate of drug-likeness (QED) is 0.205. The number of benzene rings is 2. The molecule has 13 heteroatoms. The second-order valence-electron chi connectivity index (χ2n) is 7.16. The first kappa shape index (κ1) is 23.6. The van der Waals surface area contributed by atoms with Crippen molar-refractivity contribution in [3.63, 3.8) is 0 Å². The minimum absolute atomic E-state index is 0.0549. The molecular weight excluding hydrogens is 468 g/mol. The van der Waals surface area contributed by atoms with Crippen molar-refractivity contribution in [2.75, 3.05) is 12.5 Å². The second-order valence-corrected chi connectivity index (χ2v) is 7.16. The van der Waals surface area contributed by atoms with Crippen molar-refractivity contribution in [2.24, 2.45) is 5.10 Å². The van der Waals surface area contributed by atoms with Crippen LogP contribution in [0.5, 0.6) is 11.5 Å². The molecule has 0 spiro atoms. The van der Waals surface area contributed by atoms with Crippen molar-refractivity contribution < 1.29 is 14.4 Å². The summed E-state index contributed by atoms with van der Waals surface area (Å²) in [6.45, 7) is -0.0549. The SMILES string of the molecule is COc1cc(C=NNc2nc(-c3ccccc3)c(C#N)c(=O)[nH]2)ccc1OCn1cc([N+](=O)[O-])cn1. The van der Waals surface area contributed by atoms with Gasteiger partial charge in [-0.15, -0.1) is 0 Å². The zero-order valence-electron chi connectivity index (χ0n) is 18.8. The second kappa shape index (κ2) is 10.6. The topological polar surface area (TPSA) is 173 Å². The highest BCUT2D eigenvalue weighted by Gasteiger charge is 2.13. The van der Waals surface area contributed by atoms with E-state index in [1.54, 1.807) is 42.5 Å². The molecule has 2 N–H and O–H groups in total. The van der Waals surface area contributed by atoms with Crippen molar-refractivity contribution in [2.45, 2.75) is 6.73 Å². The number of nitriles is 1. The van der Waals surface area contributed by atoms with Gasteiger partial charge in [-0.2, -0.15) is 15.5 Å². The highest BCUT2D eigenvalue weighted by atomic mass is 16.6. The van der Waals surface area contributed by atoms with E-state index in [-0.39, 0.29) is 29.6 Å². The van der Waals surface area contributed by atoms with Crippen LogP contribution in [0.1, 0.15) is 11.1 Å². The molecule has 0 bridgehead atoms. The lowest BCUT2D eigenvalue weighted by atomic mass is 10.1. The van der Waals surface area contributed by atoms with E-state index in [0.29, 0.717) is 22.6 Å². The summed E-state index contributed by atoms with van der Waals surface area (Å²) in [5.41, 5.74) is 3.34. The Morgan fingerprint density at radius 3 is 2.78 bits per heavy atom. The normalized spacial score (nSPS) is 10.7. The van der Waals surface area contributed by atoms with Gasteiger partial charge in [0.1, 0.15) is 24.0 Å². The Balaban J connectivity index is 1.47. The maximum atomic E-state index is 12.3. The van der Waals surface area contributed by atoms with Gasteiger partial charge < -0.3 is 9.47 Å². The molecule has 4 rings (SSSR count). The Morgan fingerprint density at radius 2 is 2.08 bits per heavy atom. The molecule has 0 fully saturated rings. The predicted molar refractivity (Wildman–Crippen MR) is 129 cm³/mol. The lowest BCUT2D eigenvalue weighted by Gasteiger charge is -2.11. The minimum Gasteiger partial charge on any atom is -0.493 e. The van der Waals surface area contributed by atoms with Crippen LogP contribution in [0.15, 0.2) is 70.8 Å². The van der Waals surface area contributed by atoms with E-state index in [1.165, 1.54) is 24.2 Å². The van der Waals surface area contributed by atoms with E-state index in [1.807, 2.05) is 12.1 Å². The molecule has 36 heavy (non-hydrogen) atoms. The Kier molecular flexibility index (Phi) is 6.97. The van der Waals surface area contributed by atoms with Crippen LogP contribution in [0, 0.1) is 21.4 Å². The van der Waals surface area contributed by atoms with E-state index >= 15 is 0 Å². The Labute approximate surface area is 203 Å². The molecule has 0 aliphatic carbocycles. The Morgan fingerprint density at radius 1 is 1.28 bits per heavy atom. The molecule has 0 saturated carbocycles. The van der Waals surface area contributed by atoms with Crippen LogP contribution in [0.25, 0.3) is 11.3 Å². The van der Waals surface area contributed by atoms with Crippen LogP contribution < -0.4 is 20.5 Å². The fourth-order valence-corrected chi connectivity index (χ4v) is 3.14. The fourth-order valence-electron chi connectivity index (χ4n) is 3.14. The number of hydrogen-bond acceptors (Lipinski definition) is 10. The first-order chi connectivity index (χ1) is 17.5. The number of ether oxygens (including phenoxy) is 2. The van der Waals surface area contributed by atoms with Gasteiger partial charge in [0.05, 0.1) is 23.9 Å². The van der Waals surface area contributed by atoms with Crippen molar-refractivity contribution in [3.05, 3.63) is 92.5 Å². The number of methoxy groups -OCH3 is 1. The summed E-state index contributed by atoms with van der Waals surface area (Å²) in [4.78, 5) is 29.4. The summed E-state index contributed by atoms with van der Waals surface area (Å²) < 4.78 is 12.3. The molecule has 0 aliphatic heterocycles. The van der Waals surface area contributed by atoms with E-state index in [9.17, 15) is 20.2 Å². The third-order valence-electron chi connectivity index (χ3n) is 4.83. The fraction of sp³-hybridized carbons (Fsp3) is 0.0870. The highest BCUT2D eigenvalue weighted by molar-refractivity contribution is 5.81. The number of hydrogen-bond donors (Lipinski definition) is 2. The molecule has 0 saturated heterocycles. The maximum absolute atomic E-state index is 12.3. The minimum atomic E-state index is -0.588. The lowest BCUT2D eigenvalue weighted by molar-refractivity contribution is -0.385. The molecule has 0 aliphatic rings. The van der Waals surface area contributed by atoms with E-state index in [0.717, 1.165) is 6.20 Å². The van der Waals surface area contributed by atoms with Crippen LogP contribution in [0.3, 0.4) is 0 Å². The number of rotatable bonds is 9. The summed E-state index contributed by atoms with van der Waals surface area (Å²) in [6.07, 6.45) is 3.86. The smallest absolute Gasteiger partial charge is 0.307 e. The van der Waals surface area contributed by atoms with Crippen molar-refractivity contribution >= 4 is 17.9 Å². The van der Waals surface area contributed by atoms with Crippen LogP contribution >= 0.6 is 0 Å². The number of aromatic amines is 1. The van der Waals surface area contributed by atoms with Crippen molar-refractivity contribution in [3.8, 4) is 28.8 Å². The number of H-pyrrole nitrogens is 1. The molecular formula is C23H18N8O5. The lowest BCUT2D eigenvalue weighted by Crippen LogP contribution is -2.16. The molecule has 2 aromatic carbocycles. The molecule has 0 amide bonds. The van der Waals surface area contributed by atoms with E-state index in [2.05, 4.69) is 25.6 Å². The Bertz CT molecular complexity index is 1520. The number of aromatic nitrogens is 4. The monoisotopic (exact) mass is 486 g/mol. The molecule has 0 radical (unpaired) electrons. The number of nitrogens with zero attached hydrogens (tertiary/aromatic N) is 6. The maximum Gasteiger partial charge on any atom is 0.307 e. The van der Waals surface area contributed by atoms with Gasteiger partial charge >= 0.3 is 5.69 Å². The third kappa shape index (κ3) is 5.34. The molecule has 0 unspecified atom stereocenters. The average Bonchev–Trinajstić information content (AvgIpc) is 3.37. The van der Waals surface area contributed by atoms with E-state index in [4.69, 9.17) is 9.47 Å². The van der Waals surface area contributed by atoms with E-state index < -0.39 is 10.5 Å². The van der Waals surface area contributed by atoms with Crippen molar-refractivity contribution in [1.82, 2.24) is 19.7 Å². The number of hydrazone groups is 1. The van der Waals surface area contributed by atoms with Gasteiger partial charge in [0.2, 0.25) is 5.95 Å². The first-order valence-corrected chi connectivity index (χ1v) is 10.3. The molecule has 4 aromatic rings. The molecule has 2 heterocycles. The average molecular weight is 486 g/mol. The predicted octanol–water partition coefficient (Wildman–Crippen LogP) is 2.90. The zero-order valence-corrected chi connectivity index (χ0v) is 18.8. The first-order valence-electron chi connectivity index (χ1n) is 10.3. The molecule has 13 nitrogen and oxygen atoms in total. The summed E-state index contributed by atoms with van der Waals surface area (Å²) in [7, 11) is 1.47. The standard InChI is InChI=1S/C23H18N8O5/c1-35-20-9-15(7-8-19(20)36-14-30-13-17(12-26-30)31(33)34)11-25-29-23-27-21(16-5-3-2-4-6-16)18(10-24)22(32)28-23/h2-9,11-13H,14H2,1H3,(H2,27,28,29,32). The van der Waals surface area contributed by atoms with Gasteiger partial charge in [-0.05, 0) is 23.8 Å². The number of nitro groups is 1. The summed E-state index contributed by atoms with van der Waals surface area (Å²) in [6, 6.07) is 15.8. The van der Waals surface area contributed by atoms with Gasteiger partial charge in [0.25, 0.3) is 5.56 Å². The van der Waals surface area contributed by atoms with Crippen LogP contribution in [0.2, 0.25) is 0 Å². The molecule has 2 aromatic heterocycles. The van der Waals surface area contributed by atoms with Gasteiger partial charge in [-0.3, -0.25) is 19.9 Å². The van der Waals surface area contributed by atoms with Crippen LogP contribution in [-0.4, -0.2) is 38.0 Å². The van der Waals surface area contributed by atoms with Gasteiger partial charge in [0.15, 0.2) is 18.2 Å². The largest absolute Gasteiger partial charge is 0.493 e. The number of nitrogens with one attached hydrogen (secondary N) is 2. The highest BCUT2D eigenvalue weighted by Crippen LogP contribution is 2.28. The van der Waals surface area contributed by atoms with Crippen molar-refractivity contribution in [1.29, 1.82) is 5.26 Å². The zero-order chi connectivity index (χ0) is 25.5. The van der Waals surface area contributed by atoms with Crippen LogP contribution in [0.4, 0.5) is 11.6 Å². The summed E-state index contributed by atoms with van der Waals surface area (Å²) in [5, 5.41) is 28.1. The van der Waals surface area contributed by atoms with Gasteiger partial charge in [-0.1, -0.05) is 30.3 Å². The third-order valence-corrected chi connectivity index (χ3v) is 4.83. The van der Waals surface area contributed by atoms with Gasteiger partial charge in [-0.25, -0.2) is 15.1 Å². The molecule has 0 atom stereocenters. The Hall–Kier alpha value is -5.51. The summed E-state index contributed by atoms with van der Waals surface area (Å²) in [5.74, 6) is 0.859. The van der Waals surface area contributed by atoms with Gasteiger partial charge in [0, 0.05) is 5.56 Å². The van der Waals surface area contributed by atoms with Crippen LogP contribution in [-0.2, 0) is 6.73 Å².